The van der Waals surface area contributed by atoms with E-state index in [0.29, 0.717) is 42.8 Å². The summed E-state index contributed by atoms with van der Waals surface area (Å²) in [7, 11) is -1.45. The number of aromatic nitrogens is 3. The summed E-state index contributed by atoms with van der Waals surface area (Å²) in [5.41, 5.74) is 2.11. The van der Waals surface area contributed by atoms with E-state index in [-0.39, 0.29) is 29.7 Å². The van der Waals surface area contributed by atoms with E-state index in [0.717, 1.165) is 73.6 Å². The highest BCUT2D eigenvalue weighted by molar-refractivity contribution is 7.92. The Morgan fingerprint density at radius 1 is 1.00 bits per heavy atom. The number of fused-ring (bicyclic) bond motifs is 1. The van der Waals surface area contributed by atoms with E-state index in [9.17, 15) is 17.6 Å². The topological polar surface area (TPSA) is 121 Å². The van der Waals surface area contributed by atoms with Gasteiger partial charge in [-0.1, -0.05) is 12.6 Å². The van der Waals surface area contributed by atoms with Crippen molar-refractivity contribution < 1.29 is 22.3 Å². The zero-order valence-electron chi connectivity index (χ0n) is 27.4. The number of sulfone groups is 1. The molecule has 4 fully saturated rings. The average Bonchev–Trinajstić information content (AvgIpc) is 3.73. The number of benzene rings is 1. The smallest absolute Gasteiger partial charge is 0.246 e. The number of carbonyl (C=O) groups is 1. The van der Waals surface area contributed by atoms with E-state index < -0.39 is 22.1 Å². The third kappa shape index (κ3) is 6.34. The van der Waals surface area contributed by atoms with Crippen molar-refractivity contribution in [3.8, 4) is 0 Å². The first-order chi connectivity index (χ1) is 23.3. The van der Waals surface area contributed by atoms with Crippen molar-refractivity contribution in [2.45, 2.75) is 68.5 Å². The fourth-order valence-corrected chi connectivity index (χ4v) is 10.5. The summed E-state index contributed by atoms with van der Waals surface area (Å²) in [5, 5.41) is 5.12. The molecular formula is C35H44FN7O4S. The van der Waals surface area contributed by atoms with Crippen molar-refractivity contribution in [3.05, 3.63) is 54.9 Å². The van der Waals surface area contributed by atoms with Gasteiger partial charge in [-0.05, 0) is 86.1 Å². The second-order valence-electron chi connectivity index (χ2n) is 13.4. The largest absolute Gasteiger partial charge is 0.378 e. The van der Waals surface area contributed by atoms with E-state index in [1.807, 2.05) is 22.1 Å². The quantitative estimate of drug-likeness (QED) is 0.327. The van der Waals surface area contributed by atoms with Crippen LogP contribution in [0, 0.1) is 5.92 Å². The predicted molar refractivity (Wildman–Crippen MR) is 185 cm³/mol. The van der Waals surface area contributed by atoms with Gasteiger partial charge in [-0.25, -0.2) is 22.8 Å². The number of methoxy groups -OCH3 is 1. The zero-order chi connectivity index (χ0) is 33.4. The van der Waals surface area contributed by atoms with Crippen LogP contribution in [0.2, 0.25) is 0 Å². The number of carbonyl (C=O) groups excluding carboxylic acids is 1. The lowest BCUT2D eigenvalue weighted by Gasteiger charge is -2.36. The first-order valence-corrected chi connectivity index (χ1v) is 18.8. The molecule has 1 N–H and O–H groups in total. The van der Waals surface area contributed by atoms with Crippen LogP contribution in [0.3, 0.4) is 0 Å². The molecule has 13 heteroatoms. The Bertz CT molecular complexity index is 1780. The van der Waals surface area contributed by atoms with Gasteiger partial charge in [0.05, 0.1) is 29.7 Å². The molecule has 256 valence electrons. The maximum absolute atomic E-state index is 14.6. The first-order valence-electron chi connectivity index (χ1n) is 17.1. The molecule has 0 spiro atoms. The third-order valence-corrected chi connectivity index (χ3v) is 13.1. The maximum atomic E-state index is 14.6. The number of halogens is 1. The van der Waals surface area contributed by atoms with E-state index >= 15 is 0 Å². The number of piperidine rings is 2. The van der Waals surface area contributed by atoms with E-state index in [4.69, 9.17) is 9.72 Å². The van der Waals surface area contributed by atoms with Crippen LogP contribution in [0.15, 0.2) is 49.3 Å². The number of amides is 1. The highest BCUT2D eigenvalue weighted by atomic mass is 32.2. The summed E-state index contributed by atoms with van der Waals surface area (Å²) in [5.74, 6) is 2.02. The monoisotopic (exact) mass is 677 g/mol. The minimum Gasteiger partial charge on any atom is -0.378 e. The lowest BCUT2D eigenvalue weighted by molar-refractivity contribution is -0.126. The first kappa shape index (κ1) is 32.7. The summed E-state index contributed by atoms with van der Waals surface area (Å²) in [4.78, 5) is 32.8. The van der Waals surface area contributed by atoms with Crippen LogP contribution >= 0.6 is 0 Å². The van der Waals surface area contributed by atoms with Crippen molar-refractivity contribution >= 4 is 49.8 Å². The predicted octanol–water partition coefficient (Wildman–Crippen LogP) is 4.97. The number of nitrogens with zero attached hydrogens (tertiary/aromatic N) is 6. The molecule has 48 heavy (non-hydrogen) atoms. The summed E-state index contributed by atoms with van der Waals surface area (Å²) in [6.45, 7) is 6.72. The van der Waals surface area contributed by atoms with Crippen LogP contribution in [0.1, 0.15) is 56.6 Å². The normalized spacial score (nSPS) is 26.2. The van der Waals surface area contributed by atoms with Crippen LogP contribution < -0.4 is 15.1 Å². The second kappa shape index (κ2) is 13.6. The molecule has 3 aromatic rings. The molecule has 7 rings (SSSR count). The number of likely N-dealkylation sites (tertiary alicyclic amines) is 1. The van der Waals surface area contributed by atoms with Gasteiger partial charge in [-0.2, -0.15) is 4.98 Å². The molecule has 11 nitrogen and oxygen atoms in total. The Kier molecular flexibility index (Phi) is 9.25. The van der Waals surface area contributed by atoms with Gasteiger partial charge in [0.1, 0.15) is 17.8 Å². The molecule has 2 aromatic heterocycles. The van der Waals surface area contributed by atoms with Crippen molar-refractivity contribution in [2.75, 3.05) is 60.7 Å². The Labute approximate surface area is 281 Å². The Balaban J connectivity index is 1.18. The van der Waals surface area contributed by atoms with Crippen LogP contribution in [0.5, 0.6) is 0 Å². The van der Waals surface area contributed by atoms with Gasteiger partial charge >= 0.3 is 0 Å². The molecule has 0 radical (unpaired) electrons. The minimum absolute atomic E-state index is 0.0790. The molecule has 4 atom stereocenters. The van der Waals surface area contributed by atoms with Crippen molar-refractivity contribution in [1.82, 2.24) is 19.9 Å². The summed E-state index contributed by atoms with van der Waals surface area (Å²) >= 11 is 0. The summed E-state index contributed by atoms with van der Waals surface area (Å²) in [6, 6.07) is 7.96. The third-order valence-electron chi connectivity index (χ3n) is 10.7. The van der Waals surface area contributed by atoms with Gasteiger partial charge in [-0.15, -0.1) is 0 Å². The average molecular weight is 678 g/mol. The summed E-state index contributed by atoms with van der Waals surface area (Å²) < 4.78 is 45.2. The Hall–Kier alpha value is -3.84. The Morgan fingerprint density at radius 2 is 1.81 bits per heavy atom. The molecule has 0 bridgehead atoms. The SMILES string of the molecule is C=CC(=O)N1CCC[C@@H]1c1ccc(N2CCC([C@@H]3CCCS3(=O)=O)CC2)c2cnc(Nc3ccnc(N4CC[C@@H](OC)[C@@H](F)C4)n3)cc12. The van der Waals surface area contributed by atoms with Crippen molar-refractivity contribution in [1.29, 1.82) is 0 Å². The van der Waals surface area contributed by atoms with Crippen LogP contribution in [0.25, 0.3) is 10.8 Å². The van der Waals surface area contributed by atoms with Gasteiger partial charge in [-0.3, -0.25) is 4.79 Å². The van der Waals surface area contributed by atoms with E-state index in [1.165, 1.54) is 13.2 Å². The Morgan fingerprint density at radius 3 is 2.54 bits per heavy atom. The fourth-order valence-electron chi connectivity index (χ4n) is 8.24. The van der Waals surface area contributed by atoms with E-state index in [2.05, 4.69) is 38.9 Å². The number of anilines is 4. The van der Waals surface area contributed by atoms with Crippen LogP contribution in [-0.4, -0.2) is 97.3 Å². The maximum Gasteiger partial charge on any atom is 0.246 e. The number of pyridine rings is 1. The van der Waals surface area contributed by atoms with Gasteiger partial charge < -0.3 is 24.8 Å². The molecule has 0 saturated carbocycles. The number of nitrogens with one attached hydrogen (secondary N) is 1. The van der Waals surface area contributed by atoms with Gasteiger partial charge in [0.25, 0.3) is 0 Å². The molecule has 1 aromatic carbocycles. The number of hydrogen-bond acceptors (Lipinski definition) is 10. The van der Waals surface area contributed by atoms with Crippen molar-refractivity contribution in [3.63, 3.8) is 0 Å². The molecule has 4 saturated heterocycles. The molecule has 4 aliphatic rings. The lowest BCUT2D eigenvalue weighted by Crippen LogP contribution is -2.46. The minimum atomic E-state index is -2.99. The standard InChI is InChI=1S/C35H44FN7O4S/c1-3-34(44)43-15-4-6-29(43)24-8-9-28(41-16-11-23(12-17-41)31-7-5-19-48(31,45)46)26-21-38-33(20-25(24)26)39-32-10-14-37-35(40-32)42-18-13-30(47-2)27(36)22-42/h3,8-10,14,20-21,23,27,29-31H,1,4-7,11-13,15-19,22H2,2H3,(H,37,38,39,40)/t27-,29+,30+,31-/m0/s1. The van der Waals surface area contributed by atoms with E-state index in [1.54, 1.807) is 12.3 Å². The molecule has 0 aliphatic carbocycles. The summed E-state index contributed by atoms with van der Waals surface area (Å²) in [6.07, 6.45) is 8.92. The highest BCUT2D eigenvalue weighted by Gasteiger charge is 2.39. The highest BCUT2D eigenvalue weighted by Crippen LogP contribution is 2.41. The lowest BCUT2D eigenvalue weighted by atomic mass is 9.90. The van der Waals surface area contributed by atoms with Gasteiger partial charge in [0.2, 0.25) is 11.9 Å². The van der Waals surface area contributed by atoms with Crippen LogP contribution in [-0.2, 0) is 19.4 Å². The fraction of sp³-hybridized carbons (Fsp3) is 0.543. The molecule has 0 unspecified atom stereocenters. The number of rotatable bonds is 8. The molecular weight excluding hydrogens is 633 g/mol. The number of hydrogen-bond donors (Lipinski definition) is 1. The van der Waals surface area contributed by atoms with Crippen LogP contribution in [0.4, 0.5) is 27.7 Å². The zero-order valence-corrected chi connectivity index (χ0v) is 28.2. The second-order valence-corrected chi connectivity index (χ2v) is 15.8. The molecule has 6 heterocycles. The molecule has 4 aliphatic heterocycles. The van der Waals surface area contributed by atoms with Crippen molar-refractivity contribution in [2.24, 2.45) is 5.92 Å². The van der Waals surface area contributed by atoms with Gasteiger partial charge in [0, 0.05) is 56.8 Å². The number of alkyl halides is 1. The molecule has 1 amide bonds. The van der Waals surface area contributed by atoms with Gasteiger partial charge in [0.15, 0.2) is 9.84 Å². The number of ether oxygens (including phenoxy) is 1.